The molecule has 0 radical (unpaired) electrons. The fourth-order valence-electron chi connectivity index (χ4n) is 0.472. The van der Waals surface area contributed by atoms with E-state index in [0.29, 0.717) is 0 Å². The number of hydrogen-bond acceptors (Lipinski definition) is 3. The number of thiol groups is 1. The summed E-state index contributed by atoms with van der Waals surface area (Å²) in [7, 11) is 0. The van der Waals surface area contributed by atoms with Gasteiger partial charge in [0.05, 0.1) is 6.20 Å². The molecule has 0 fully saturated rings. The number of oxazole rings is 1. The maximum Gasteiger partial charge on any atom is 0.194 e. The summed E-state index contributed by atoms with van der Waals surface area (Å²) in [5.41, 5.74) is 0. The van der Waals surface area contributed by atoms with Gasteiger partial charge in [-0.1, -0.05) is 0 Å². The Balaban J connectivity index is 2.50. The summed E-state index contributed by atoms with van der Waals surface area (Å²) in [6.45, 7) is 0. The van der Waals surface area contributed by atoms with Gasteiger partial charge in [-0.25, -0.2) is 4.98 Å². The summed E-state index contributed by atoms with van der Waals surface area (Å²) in [4.78, 5) is 3.89. The Morgan fingerprint density at radius 3 is 3.12 bits per heavy atom. The van der Waals surface area contributed by atoms with E-state index in [2.05, 4.69) is 17.6 Å². The van der Waals surface area contributed by atoms with Crippen LogP contribution in [0.1, 0.15) is 5.89 Å². The number of aromatic nitrogens is 1. The van der Waals surface area contributed by atoms with Crippen molar-refractivity contribution >= 4 is 12.6 Å². The van der Waals surface area contributed by atoms with Gasteiger partial charge in [0.2, 0.25) is 0 Å². The predicted octanol–water partition coefficient (Wildman–Crippen LogP) is 1.15. The van der Waals surface area contributed by atoms with Gasteiger partial charge in [0, 0.05) is 6.42 Å². The molecule has 3 heteroatoms. The van der Waals surface area contributed by atoms with Crippen molar-refractivity contribution < 1.29 is 4.42 Å². The summed E-state index contributed by atoms with van der Waals surface area (Å²) >= 11 is 4.01. The van der Waals surface area contributed by atoms with E-state index >= 15 is 0 Å². The number of hydrogen-bond donors (Lipinski definition) is 1. The van der Waals surface area contributed by atoms with Crippen molar-refractivity contribution in [1.82, 2.24) is 4.98 Å². The molecule has 1 heterocycles. The van der Waals surface area contributed by atoms with E-state index in [1.54, 1.807) is 12.5 Å². The Morgan fingerprint density at radius 2 is 2.62 bits per heavy atom. The molecule has 44 valence electrons. The Kier molecular flexibility index (Phi) is 1.97. The van der Waals surface area contributed by atoms with Gasteiger partial charge in [-0.05, 0) is 5.75 Å². The molecule has 0 saturated heterocycles. The zero-order valence-corrected chi connectivity index (χ0v) is 5.27. The quantitative estimate of drug-likeness (QED) is 0.606. The molecule has 2 nitrogen and oxygen atoms in total. The van der Waals surface area contributed by atoms with Crippen LogP contribution in [0.4, 0.5) is 0 Å². The van der Waals surface area contributed by atoms with Crippen molar-refractivity contribution in [3.8, 4) is 0 Å². The van der Waals surface area contributed by atoms with Crippen LogP contribution in [0.15, 0.2) is 16.9 Å². The molecule has 0 aliphatic rings. The average molecular weight is 129 g/mol. The first-order valence-electron chi connectivity index (χ1n) is 2.42. The molecule has 0 N–H and O–H groups in total. The summed E-state index contributed by atoms with van der Waals surface area (Å²) < 4.78 is 4.91. The molecule has 0 aliphatic heterocycles. The predicted molar refractivity (Wildman–Crippen MR) is 34.1 cm³/mol. The summed E-state index contributed by atoms with van der Waals surface area (Å²) in [5, 5.41) is 0. The number of nitrogens with zero attached hydrogens (tertiary/aromatic N) is 1. The lowest BCUT2D eigenvalue weighted by Gasteiger charge is -1.83. The molecule has 0 amide bonds. The minimum absolute atomic E-state index is 0.764. The van der Waals surface area contributed by atoms with Crippen molar-refractivity contribution in [2.45, 2.75) is 6.42 Å². The Bertz CT molecular complexity index is 138. The molecule has 8 heavy (non-hydrogen) atoms. The highest BCUT2D eigenvalue weighted by molar-refractivity contribution is 7.80. The minimum Gasteiger partial charge on any atom is -0.449 e. The molecular formula is C5H7NOS. The molecule has 0 spiro atoms. The van der Waals surface area contributed by atoms with E-state index < -0.39 is 0 Å². The van der Waals surface area contributed by atoms with Crippen LogP contribution in [-0.4, -0.2) is 10.7 Å². The van der Waals surface area contributed by atoms with Crippen LogP contribution >= 0.6 is 12.6 Å². The zero-order chi connectivity index (χ0) is 5.82. The highest BCUT2D eigenvalue weighted by atomic mass is 32.1. The Morgan fingerprint density at radius 1 is 1.75 bits per heavy atom. The minimum atomic E-state index is 0.764. The molecule has 0 saturated carbocycles. The van der Waals surface area contributed by atoms with Gasteiger partial charge in [-0.15, -0.1) is 0 Å². The number of aryl methyl sites for hydroxylation is 1. The van der Waals surface area contributed by atoms with Gasteiger partial charge >= 0.3 is 0 Å². The second kappa shape index (κ2) is 2.77. The largest absolute Gasteiger partial charge is 0.449 e. The van der Waals surface area contributed by atoms with Crippen LogP contribution in [0, 0.1) is 0 Å². The summed E-state index contributed by atoms with van der Waals surface area (Å²) in [5.74, 6) is 1.56. The molecule has 0 aromatic carbocycles. The Labute approximate surface area is 53.3 Å². The van der Waals surface area contributed by atoms with E-state index in [0.717, 1.165) is 18.1 Å². The fourth-order valence-corrected chi connectivity index (χ4v) is 0.663. The van der Waals surface area contributed by atoms with Crippen molar-refractivity contribution in [2.75, 3.05) is 5.75 Å². The number of rotatable bonds is 2. The van der Waals surface area contributed by atoms with Gasteiger partial charge in [0.25, 0.3) is 0 Å². The normalized spacial score (nSPS) is 9.62. The molecule has 1 rings (SSSR count). The average Bonchev–Trinajstić information content (AvgIpc) is 2.19. The van der Waals surface area contributed by atoms with Gasteiger partial charge in [0.1, 0.15) is 6.26 Å². The smallest absolute Gasteiger partial charge is 0.194 e. The van der Waals surface area contributed by atoms with Crippen LogP contribution in [0.25, 0.3) is 0 Å². The van der Waals surface area contributed by atoms with E-state index in [1.165, 1.54) is 0 Å². The first-order valence-corrected chi connectivity index (χ1v) is 3.06. The van der Waals surface area contributed by atoms with Crippen molar-refractivity contribution in [3.63, 3.8) is 0 Å². The second-order valence-electron chi connectivity index (χ2n) is 1.40. The van der Waals surface area contributed by atoms with Crippen molar-refractivity contribution in [2.24, 2.45) is 0 Å². The standard InChI is InChI=1S/C5H7NOS/c8-4-1-5-6-2-3-7-5/h2-3,8H,1,4H2. The van der Waals surface area contributed by atoms with Gasteiger partial charge in [-0.3, -0.25) is 0 Å². The van der Waals surface area contributed by atoms with E-state index in [4.69, 9.17) is 4.42 Å². The first-order chi connectivity index (χ1) is 3.93. The van der Waals surface area contributed by atoms with Crippen molar-refractivity contribution in [3.05, 3.63) is 18.4 Å². The van der Waals surface area contributed by atoms with E-state index in [1.807, 2.05) is 0 Å². The maximum atomic E-state index is 4.91. The summed E-state index contributed by atoms with van der Waals surface area (Å²) in [6, 6.07) is 0. The second-order valence-corrected chi connectivity index (χ2v) is 1.85. The van der Waals surface area contributed by atoms with Crippen LogP contribution in [0.2, 0.25) is 0 Å². The third-order valence-electron chi connectivity index (χ3n) is 0.809. The van der Waals surface area contributed by atoms with Gasteiger partial charge in [0.15, 0.2) is 5.89 Å². The third kappa shape index (κ3) is 1.26. The fraction of sp³-hybridized carbons (Fsp3) is 0.400. The molecule has 0 aliphatic carbocycles. The van der Waals surface area contributed by atoms with Gasteiger partial charge < -0.3 is 4.42 Å². The third-order valence-corrected chi connectivity index (χ3v) is 1.03. The van der Waals surface area contributed by atoms with E-state index in [-0.39, 0.29) is 0 Å². The van der Waals surface area contributed by atoms with Crippen LogP contribution in [0.3, 0.4) is 0 Å². The monoisotopic (exact) mass is 129 g/mol. The highest BCUT2D eigenvalue weighted by Crippen LogP contribution is 1.95. The molecule has 1 aromatic heterocycles. The van der Waals surface area contributed by atoms with Crippen molar-refractivity contribution in [1.29, 1.82) is 0 Å². The lowest BCUT2D eigenvalue weighted by molar-refractivity contribution is 0.503. The van der Waals surface area contributed by atoms with Crippen LogP contribution in [-0.2, 0) is 6.42 Å². The molecule has 0 bridgehead atoms. The van der Waals surface area contributed by atoms with Crippen LogP contribution in [0.5, 0.6) is 0 Å². The summed E-state index contributed by atoms with van der Waals surface area (Å²) in [6.07, 6.45) is 4.02. The molecule has 1 aromatic rings. The molecular weight excluding hydrogens is 122 g/mol. The molecule has 0 atom stereocenters. The Hall–Kier alpha value is -0.440. The van der Waals surface area contributed by atoms with Gasteiger partial charge in [-0.2, -0.15) is 12.6 Å². The molecule has 0 unspecified atom stereocenters. The highest BCUT2D eigenvalue weighted by Gasteiger charge is 1.91. The zero-order valence-electron chi connectivity index (χ0n) is 4.37. The maximum absolute atomic E-state index is 4.91. The van der Waals surface area contributed by atoms with Crippen LogP contribution < -0.4 is 0 Å². The first kappa shape index (κ1) is 5.69. The van der Waals surface area contributed by atoms with E-state index in [9.17, 15) is 0 Å². The SMILES string of the molecule is SCCc1ncco1. The lowest BCUT2D eigenvalue weighted by Crippen LogP contribution is -1.83. The lowest BCUT2D eigenvalue weighted by atomic mass is 10.5. The topological polar surface area (TPSA) is 26.0 Å².